The minimum atomic E-state index is -0.624. The zero-order valence-corrected chi connectivity index (χ0v) is 8.89. The molecule has 12 heavy (non-hydrogen) atoms. The van der Waals surface area contributed by atoms with Crippen molar-refractivity contribution < 1.29 is 5.11 Å². The van der Waals surface area contributed by atoms with E-state index < -0.39 is 5.72 Å². The largest absolute Gasteiger partial charge is 0.376 e. The number of hydrogen-bond donors (Lipinski definition) is 1. The fraction of sp³-hybridized carbons (Fsp3) is 1.00. The maximum atomic E-state index is 10.1. The van der Waals surface area contributed by atoms with E-state index in [1.54, 1.807) is 0 Å². The van der Waals surface area contributed by atoms with Crippen LogP contribution in [0.3, 0.4) is 0 Å². The van der Waals surface area contributed by atoms with E-state index in [-0.39, 0.29) is 5.54 Å². The van der Waals surface area contributed by atoms with E-state index in [0.29, 0.717) is 5.92 Å². The van der Waals surface area contributed by atoms with Crippen molar-refractivity contribution in [2.45, 2.75) is 51.8 Å². The van der Waals surface area contributed by atoms with E-state index in [9.17, 15) is 5.11 Å². The monoisotopic (exact) mass is 171 g/mol. The van der Waals surface area contributed by atoms with E-state index in [2.05, 4.69) is 25.7 Å². The third kappa shape index (κ3) is 1.64. The topological polar surface area (TPSA) is 23.5 Å². The summed E-state index contributed by atoms with van der Waals surface area (Å²) in [5.74, 6) is 0.617. The second-order valence-corrected chi connectivity index (χ2v) is 5.10. The van der Waals surface area contributed by atoms with Crippen molar-refractivity contribution in [2.24, 2.45) is 5.92 Å². The number of nitrogens with zero attached hydrogens (tertiary/aromatic N) is 1. The first-order chi connectivity index (χ1) is 5.26. The van der Waals surface area contributed by atoms with Crippen molar-refractivity contribution in [3.63, 3.8) is 0 Å². The number of piperidine rings is 1. The molecule has 0 aromatic carbocycles. The lowest BCUT2D eigenvalue weighted by atomic mass is 9.79. The van der Waals surface area contributed by atoms with Gasteiger partial charge in [0.2, 0.25) is 0 Å². The first-order valence-electron chi connectivity index (χ1n) is 4.72. The molecular formula is C10H21NO. The van der Waals surface area contributed by atoms with Gasteiger partial charge in [-0.3, -0.25) is 4.90 Å². The summed E-state index contributed by atoms with van der Waals surface area (Å²) in [6.07, 6.45) is 2.05. The second kappa shape index (κ2) is 2.71. The molecule has 0 aromatic heterocycles. The standard InChI is InChI=1S/C10H21NO/c1-8-6-9(2,3)11(5)10(4,12)7-8/h8,12H,6-7H2,1-5H3. The highest BCUT2D eigenvalue weighted by Crippen LogP contribution is 2.38. The van der Waals surface area contributed by atoms with Crippen LogP contribution in [-0.4, -0.2) is 28.3 Å². The van der Waals surface area contributed by atoms with Crippen LogP contribution in [0.4, 0.5) is 0 Å². The maximum Gasteiger partial charge on any atom is 0.116 e. The van der Waals surface area contributed by atoms with Crippen LogP contribution in [0.2, 0.25) is 0 Å². The third-order valence-electron chi connectivity index (χ3n) is 3.21. The third-order valence-corrected chi connectivity index (χ3v) is 3.21. The highest BCUT2D eigenvalue weighted by Gasteiger charge is 2.42. The van der Waals surface area contributed by atoms with E-state index in [1.165, 1.54) is 6.42 Å². The number of likely N-dealkylation sites (tertiary alicyclic amines) is 1. The zero-order valence-electron chi connectivity index (χ0n) is 8.89. The van der Waals surface area contributed by atoms with Crippen LogP contribution in [0.15, 0.2) is 0 Å². The Hall–Kier alpha value is -0.0800. The van der Waals surface area contributed by atoms with E-state index in [1.807, 2.05) is 14.0 Å². The van der Waals surface area contributed by atoms with Crippen molar-refractivity contribution in [1.82, 2.24) is 4.90 Å². The summed E-state index contributed by atoms with van der Waals surface area (Å²) in [6, 6.07) is 0. The fourth-order valence-electron chi connectivity index (χ4n) is 2.51. The Morgan fingerprint density at radius 1 is 1.25 bits per heavy atom. The Balaban J connectivity index is 2.84. The molecule has 0 saturated carbocycles. The van der Waals surface area contributed by atoms with Gasteiger partial charge in [-0.1, -0.05) is 6.92 Å². The van der Waals surface area contributed by atoms with Crippen molar-refractivity contribution >= 4 is 0 Å². The lowest BCUT2D eigenvalue weighted by Crippen LogP contribution is -2.59. The Labute approximate surface area is 75.6 Å². The van der Waals surface area contributed by atoms with Gasteiger partial charge in [-0.05, 0) is 46.6 Å². The quantitative estimate of drug-likeness (QED) is 0.601. The SMILES string of the molecule is CC1CC(C)(C)N(C)C(C)(O)C1. The predicted octanol–water partition coefficient (Wildman–Crippen LogP) is 1.84. The van der Waals surface area contributed by atoms with Gasteiger partial charge in [0, 0.05) is 5.54 Å². The average molecular weight is 171 g/mol. The van der Waals surface area contributed by atoms with Crippen molar-refractivity contribution in [3.05, 3.63) is 0 Å². The van der Waals surface area contributed by atoms with Gasteiger partial charge >= 0.3 is 0 Å². The van der Waals surface area contributed by atoms with E-state index in [0.717, 1.165) is 6.42 Å². The Morgan fingerprint density at radius 3 is 2.17 bits per heavy atom. The van der Waals surface area contributed by atoms with Crippen LogP contribution in [0, 0.1) is 5.92 Å². The van der Waals surface area contributed by atoms with Gasteiger partial charge in [0.1, 0.15) is 5.72 Å². The lowest BCUT2D eigenvalue weighted by Gasteiger charge is -2.51. The first kappa shape index (κ1) is 10.0. The van der Waals surface area contributed by atoms with Gasteiger partial charge in [0.05, 0.1) is 0 Å². The molecular weight excluding hydrogens is 150 g/mol. The zero-order chi connectivity index (χ0) is 9.57. The van der Waals surface area contributed by atoms with Crippen molar-refractivity contribution in [1.29, 1.82) is 0 Å². The lowest BCUT2D eigenvalue weighted by molar-refractivity contribution is -0.167. The minimum Gasteiger partial charge on any atom is -0.376 e. The molecule has 0 bridgehead atoms. The summed E-state index contributed by atoms with van der Waals surface area (Å²) in [6.45, 7) is 8.50. The number of hydrogen-bond acceptors (Lipinski definition) is 2. The van der Waals surface area contributed by atoms with Crippen LogP contribution in [0.5, 0.6) is 0 Å². The Morgan fingerprint density at radius 2 is 1.75 bits per heavy atom. The summed E-state index contributed by atoms with van der Waals surface area (Å²) in [4.78, 5) is 2.08. The average Bonchev–Trinajstić information content (AvgIpc) is 1.80. The molecule has 1 N–H and O–H groups in total. The van der Waals surface area contributed by atoms with Crippen LogP contribution < -0.4 is 0 Å². The molecule has 1 aliphatic rings. The molecule has 1 saturated heterocycles. The first-order valence-corrected chi connectivity index (χ1v) is 4.72. The molecule has 2 nitrogen and oxygen atoms in total. The van der Waals surface area contributed by atoms with Crippen molar-refractivity contribution in [2.75, 3.05) is 7.05 Å². The summed E-state index contributed by atoms with van der Waals surface area (Å²) in [5.41, 5.74) is -0.498. The van der Waals surface area contributed by atoms with E-state index in [4.69, 9.17) is 0 Å². The predicted molar refractivity (Wildman–Crippen MR) is 50.9 cm³/mol. The fourth-order valence-corrected chi connectivity index (χ4v) is 2.51. The molecule has 0 aromatic rings. The van der Waals surface area contributed by atoms with Gasteiger partial charge in [-0.15, -0.1) is 0 Å². The Kier molecular flexibility index (Phi) is 2.26. The van der Waals surface area contributed by atoms with Gasteiger partial charge in [0.15, 0.2) is 0 Å². The highest BCUT2D eigenvalue weighted by molar-refractivity contribution is 4.93. The number of aliphatic hydroxyl groups is 1. The molecule has 2 atom stereocenters. The maximum absolute atomic E-state index is 10.1. The molecule has 1 aliphatic heterocycles. The molecule has 72 valence electrons. The molecule has 1 rings (SSSR count). The molecule has 2 unspecified atom stereocenters. The summed E-state index contributed by atoms with van der Waals surface area (Å²) in [7, 11) is 2.01. The number of rotatable bonds is 0. The second-order valence-electron chi connectivity index (χ2n) is 5.10. The molecule has 1 fully saturated rings. The molecule has 2 heteroatoms. The molecule has 1 heterocycles. The molecule has 0 aliphatic carbocycles. The van der Waals surface area contributed by atoms with Crippen molar-refractivity contribution in [3.8, 4) is 0 Å². The normalized spacial score (nSPS) is 43.0. The van der Waals surface area contributed by atoms with Crippen LogP contribution in [0.25, 0.3) is 0 Å². The Bertz CT molecular complexity index is 157. The van der Waals surface area contributed by atoms with Crippen LogP contribution >= 0.6 is 0 Å². The minimum absolute atomic E-state index is 0.126. The van der Waals surface area contributed by atoms with E-state index >= 15 is 0 Å². The summed E-state index contributed by atoms with van der Waals surface area (Å²) < 4.78 is 0. The van der Waals surface area contributed by atoms with Gasteiger partial charge in [0.25, 0.3) is 0 Å². The van der Waals surface area contributed by atoms with Gasteiger partial charge in [-0.25, -0.2) is 0 Å². The molecule has 0 radical (unpaired) electrons. The molecule has 0 spiro atoms. The van der Waals surface area contributed by atoms with Crippen LogP contribution in [0.1, 0.15) is 40.5 Å². The molecule has 0 amide bonds. The van der Waals surface area contributed by atoms with Gasteiger partial charge in [-0.2, -0.15) is 0 Å². The van der Waals surface area contributed by atoms with Gasteiger partial charge < -0.3 is 5.11 Å². The van der Waals surface area contributed by atoms with Crippen LogP contribution in [-0.2, 0) is 0 Å². The highest BCUT2D eigenvalue weighted by atomic mass is 16.3. The summed E-state index contributed by atoms with van der Waals surface area (Å²) >= 11 is 0. The summed E-state index contributed by atoms with van der Waals surface area (Å²) in [5, 5.41) is 10.1. The smallest absolute Gasteiger partial charge is 0.116 e.